The molecule has 184 valence electrons. The van der Waals surface area contributed by atoms with Crippen LogP contribution in [0.15, 0.2) is 78.3 Å². The fourth-order valence-corrected chi connectivity index (χ4v) is 4.01. The summed E-state index contributed by atoms with van der Waals surface area (Å²) in [6.45, 7) is 4.62. The zero-order valence-electron chi connectivity index (χ0n) is 20.4. The molecule has 2 heterocycles. The maximum Gasteiger partial charge on any atom is 0.333 e. The Morgan fingerprint density at radius 3 is 2.09 bits per heavy atom. The molecule has 0 bridgehead atoms. The Labute approximate surface area is 203 Å². The van der Waals surface area contributed by atoms with Gasteiger partial charge < -0.3 is 20.1 Å². The third kappa shape index (κ3) is 6.07. The Kier molecular flexibility index (Phi) is 9.18. The molecule has 0 amide bonds. The third-order valence-electron chi connectivity index (χ3n) is 5.64. The minimum Gasteiger partial charge on any atom is -0.480 e. The van der Waals surface area contributed by atoms with Crippen molar-refractivity contribution in [1.82, 2.24) is 19.9 Å². The number of aromatic amines is 1. The van der Waals surface area contributed by atoms with E-state index in [0.29, 0.717) is 5.57 Å². The summed E-state index contributed by atoms with van der Waals surface area (Å²) in [7, 11) is 3.11. The lowest BCUT2D eigenvalue weighted by Crippen LogP contribution is -2.57. The number of imidazole rings is 1. The quantitative estimate of drug-likeness (QED) is 0.485. The second-order valence-electron chi connectivity index (χ2n) is 8.18. The Balaban J connectivity index is 0.000000220. The van der Waals surface area contributed by atoms with E-state index in [4.69, 9.17) is 0 Å². The van der Waals surface area contributed by atoms with Gasteiger partial charge in [-0.2, -0.15) is 0 Å². The van der Waals surface area contributed by atoms with E-state index in [1.54, 1.807) is 26.5 Å². The second kappa shape index (κ2) is 11.8. The van der Waals surface area contributed by atoms with E-state index in [-0.39, 0.29) is 5.57 Å². The van der Waals surface area contributed by atoms with Crippen LogP contribution in [0.5, 0.6) is 0 Å². The molecule has 35 heavy (non-hydrogen) atoms. The molecule has 9 heteroatoms. The number of H-pyrrole nitrogens is 1. The van der Waals surface area contributed by atoms with Crippen LogP contribution in [-0.2, 0) is 14.4 Å². The molecule has 0 radical (unpaired) electrons. The maximum atomic E-state index is 12.0. The number of aryl methyl sites for hydroxylation is 1. The molecule has 0 saturated heterocycles. The molecule has 0 fully saturated rings. The summed E-state index contributed by atoms with van der Waals surface area (Å²) in [6, 6.07) is 11.0. The van der Waals surface area contributed by atoms with E-state index in [1.807, 2.05) is 37.4 Å². The summed E-state index contributed by atoms with van der Waals surface area (Å²) in [5.74, 6) is -2.18. The highest BCUT2D eigenvalue weighted by Crippen LogP contribution is 2.41. The molecular formula is C26H30N4O5. The molecule has 0 spiro atoms. The van der Waals surface area contributed by atoms with Gasteiger partial charge in [-0.05, 0) is 52.6 Å². The van der Waals surface area contributed by atoms with Crippen molar-refractivity contribution in [2.45, 2.75) is 26.8 Å². The van der Waals surface area contributed by atoms with Gasteiger partial charge in [-0.25, -0.2) is 9.78 Å². The fourth-order valence-electron chi connectivity index (χ4n) is 4.01. The number of Topliss-reactive ketones (excluding diaryl/α,β-unsaturated/α-hetero) is 1. The van der Waals surface area contributed by atoms with Gasteiger partial charge in [-0.3, -0.25) is 14.6 Å². The van der Waals surface area contributed by atoms with Crippen molar-refractivity contribution in [1.29, 1.82) is 0 Å². The summed E-state index contributed by atoms with van der Waals surface area (Å²) < 4.78 is 0. The van der Waals surface area contributed by atoms with Crippen LogP contribution in [-0.4, -0.2) is 67.9 Å². The molecule has 3 aromatic rings. The first-order valence-electron chi connectivity index (χ1n) is 10.8. The van der Waals surface area contributed by atoms with Crippen LogP contribution in [0.2, 0.25) is 0 Å². The van der Waals surface area contributed by atoms with E-state index in [1.165, 1.54) is 36.3 Å². The van der Waals surface area contributed by atoms with Gasteiger partial charge in [-0.1, -0.05) is 36.4 Å². The number of carbonyl (C=O) groups excluding carboxylic acids is 1. The predicted octanol–water partition coefficient (Wildman–Crippen LogP) is 3.50. The number of ketones is 1. The fraction of sp³-hybridized carbons (Fsp3) is 0.269. The molecule has 2 unspecified atom stereocenters. The number of carboxylic acid groups (broad SMARTS) is 2. The Bertz CT molecular complexity index is 1170. The topological polar surface area (TPSA) is 136 Å². The van der Waals surface area contributed by atoms with Crippen LogP contribution in [0.4, 0.5) is 0 Å². The molecule has 9 nitrogen and oxygen atoms in total. The SMILES string of the molecule is CC(=O)C1(C(=O)O)C(C)=CC=C(C(=O)O)C1N(C)C.Cc1ncc[nH]1.c1ccc2ncccc2c1. The lowest BCUT2D eigenvalue weighted by molar-refractivity contribution is -0.155. The number of carbonyl (C=O) groups is 3. The normalized spacial score (nSPS) is 18.9. The number of pyridine rings is 1. The third-order valence-corrected chi connectivity index (χ3v) is 5.64. The van der Waals surface area contributed by atoms with E-state index < -0.39 is 29.2 Å². The van der Waals surface area contributed by atoms with E-state index in [2.05, 4.69) is 27.1 Å². The minimum atomic E-state index is -1.86. The lowest BCUT2D eigenvalue weighted by Gasteiger charge is -2.41. The van der Waals surface area contributed by atoms with Gasteiger partial charge in [0.25, 0.3) is 0 Å². The first-order valence-corrected chi connectivity index (χ1v) is 10.8. The monoisotopic (exact) mass is 478 g/mol. The average molecular weight is 479 g/mol. The summed E-state index contributed by atoms with van der Waals surface area (Å²) in [4.78, 5) is 47.4. The molecule has 0 aliphatic heterocycles. The van der Waals surface area contributed by atoms with E-state index in [9.17, 15) is 24.6 Å². The van der Waals surface area contributed by atoms with Crippen molar-refractivity contribution in [3.63, 3.8) is 0 Å². The molecule has 1 aliphatic carbocycles. The number of para-hydroxylation sites is 1. The summed E-state index contributed by atoms with van der Waals surface area (Å²) in [6.07, 6.45) is 8.08. The highest BCUT2D eigenvalue weighted by molar-refractivity contribution is 6.09. The molecule has 4 rings (SSSR count). The number of nitrogens with zero attached hydrogens (tertiary/aromatic N) is 3. The molecule has 0 saturated carbocycles. The van der Waals surface area contributed by atoms with Gasteiger partial charge in [0.05, 0.1) is 17.1 Å². The van der Waals surface area contributed by atoms with Crippen molar-refractivity contribution in [2.75, 3.05) is 14.1 Å². The summed E-state index contributed by atoms with van der Waals surface area (Å²) in [5.41, 5.74) is -0.569. The van der Waals surface area contributed by atoms with E-state index in [0.717, 1.165) is 11.3 Å². The van der Waals surface area contributed by atoms with Crippen molar-refractivity contribution >= 4 is 28.6 Å². The smallest absolute Gasteiger partial charge is 0.333 e. The number of hydrogen-bond acceptors (Lipinski definition) is 6. The number of fused-ring (bicyclic) bond motifs is 1. The number of rotatable bonds is 4. The highest BCUT2D eigenvalue weighted by atomic mass is 16.4. The van der Waals surface area contributed by atoms with Crippen molar-refractivity contribution in [2.24, 2.45) is 5.41 Å². The number of likely N-dealkylation sites (N-methyl/N-ethyl adjacent to an activating group) is 1. The molecule has 2 atom stereocenters. The molecule has 2 aromatic heterocycles. The van der Waals surface area contributed by atoms with Crippen molar-refractivity contribution < 1.29 is 24.6 Å². The van der Waals surface area contributed by atoms with Gasteiger partial charge in [0, 0.05) is 24.0 Å². The van der Waals surface area contributed by atoms with Crippen LogP contribution < -0.4 is 0 Å². The maximum absolute atomic E-state index is 12.0. The molecular weight excluding hydrogens is 448 g/mol. The Morgan fingerprint density at radius 2 is 1.63 bits per heavy atom. The lowest BCUT2D eigenvalue weighted by atomic mass is 9.66. The van der Waals surface area contributed by atoms with Crippen LogP contribution in [0.25, 0.3) is 10.9 Å². The zero-order valence-corrected chi connectivity index (χ0v) is 20.4. The minimum absolute atomic E-state index is 0.104. The number of aliphatic carboxylic acids is 2. The summed E-state index contributed by atoms with van der Waals surface area (Å²) in [5, 5.41) is 20.0. The molecule has 3 N–H and O–H groups in total. The largest absolute Gasteiger partial charge is 0.480 e. The van der Waals surface area contributed by atoms with Gasteiger partial charge in [0.15, 0.2) is 11.2 Å². The van der Waals surface area contributed by atoms with Crippen LogP contribution in [0, 0.1) is 12.3 Å². The number of hydrogen-bond donors (Lipinski definition) is 3. The van der Waals surface area contributed by atoms with Crippen LogP contribution >= 0.6 is 0 Å². The number of allylic oxidation sites excluding steroid dienone is 2. The number of nitrogens with one attached hydrogen (secondary N) is 1. The first kappa shape index (κ1) is 27.1. The van der Waals surface area contributed by atoms with Gasteiger partial charge in [0.1, 0.15) is 5.82 Å². The number of benzene rings is 1. The predicted molar refractivity (Wildman–Crippen MR) is 133 cm³/mol. The Hall–Kier alpha value is -4.11. The molecule has 1 aromatic carbocycles. The summed E-state index contributed by atoms with van der Waals surface area (Å²) >= 11 is 0. The van der Waals surface area contributed by atoms with Crippen LogP contribution in [0.3, 0.4) is 0 Å². The average Bonchev–Trinajstić information content (AvgIpc) is 3.30. The first-order chi connectivity index (χ1) is 16.5. The van der Waals surface area contributed by atoms with Crippen molar-refractivity contribution in [3.8, 4) is 0 Å². The number of aromatic nitrogens is 3. The Morgan fingerprint density at radius 1 is 0.971 bits per heavy atom. The van der Waals surface area contributed by atoms with Crippen molar-refractivity contribution in [3.05, 3.63) is 84.1 Å². The van der Waals surface area contributed by atoms with Crippen LogP contribution in [0.1, 0.15) is 19.7 Å². The van der Waals surface area contributed by atoms with Gasteiger partial charge in [-0.15, -0.1) is 0 Å². The number of carboxylic acids is 2. The standard InChI is InChI=1S/C13H17NO5.C9H7N.C4H6N2/c1-7-5-6-9(11(16)17)10(14(3)4)13(7,8(2)15)12(18)19;1-2-6-9-8(4-1)5-3-7-10-9;1-4-5-2-3-6-4/h5-6,10H,1-4H3,(H,16,17)(H,18,19);1-7H;2-3H,1H3,(H,5,6). The second-order valence-corrected chi connectivity index (χ2v) is 8.18. The van der Waals surface area contributed by atoms with Gasteiger partial charge in [0.2, 0.25) is 0 Å². The highest BCUT2D eigenvalue weighted by Gasteiger charge is 2.56. The van der Waals surface area contributed by atoms with E-state index >= 15 is 0 Å². The van der Waals surface area contributed by atoms with Gasteiger partial charge >= 0.3 is 11.9 Å². The zero-order chi connectivity index (χ0) is 26.2. The molecule has 1 aliphatic rings.